The lowest BCUT2D eigenvalue weighted by molar-refractivity contribution is -0.133. The molecule has 1 aromatic heterocycles. The summed E-state index contributed by atoms with van der Waals surface area (Å²) >= 11 is 1.79. The minimum atomic E-state index is 0.382. The van der Waals surface area contributed by atoms with Crippen LogP contribution in [0.5, 0.6) is 0 Å². The van der Waals surface area contributed by atoms with E-state index in [0.29, 0.717) is 24.4 Å². The average molecular weight is 278 g/mol. The fraction of sp³-hybridized carbons (Fsp3) is 0.667. The summed E-state index contributed by atoms with van der Waals surface area (Å²) in [5, 5.41) is 5.56. The summed E-state index contributed by atoms with van der Waals surface area (Å²) in [6.45, 7) is 2.06. The molecule has 0 aliphatic carbocycles. The van der Waals surface area contributed by atoms with E-state index in [2.05, 4.69) is 27.7 Å². The Balaban J connectivity index is 1.52. The predicted octanol–water partition coefficient (Wildman–Crippen LogP) is 2.42. The Morgan fingerprint density at radius 1 is 1.37 bits per heavy atom. The molecule has 1 N–H and O–H groups in total. The molecule has 3 nitrogen and oxygen atoms in total. The van der Waals surface area contributed by atoms with Gasteiger partial charge < -0.3 is 10.2 Å². The Morgan fingerprint density at radius 2 is 2.26 bits per heavy atom. The first-order valence-corrected chi connectivity index (χ1v) is 8.27. The van der Waals surface area contributed by atoms with E-state index in [4.69, 9.17) is 0 Å². The monoisotopic (exact) mass is 278 g/mol. The summed E-state index contributed by atoms with van der Waals surface area (Å²) in [5.74, 6) is 0.382. The van der Waals surface area contributed by atoms with Crippen LogP contribution in [-0.2, 0) is 11.2 Å². The van der Waals surface area contributed by atoms with Crippen LogP contribution >= 0.6 is 11.3 Å². The second-order valence-corrected chi connectivity index (χ2v) is 6.64. The molecular formula is C15H22N2OS. The third kappa shape index (κ3) is 3.00. The standard InChI is InChI=1S/C15H22N2OS/c18-15(5-1-3-14-4-2-10-19-14)17-12-6-7-13(17)11-16-9-8-12/h2,4,10,12-13,16H,1,3,5-9,11H2/t12-,13+/m0/s1. The molecule has 0 unspecified atom stereocenters. The molecule has 2 aliphatic heterocycles. The third-order valence-corrected chi connectivity index (χ3v) is 5.27. The highest BCUT2D eigenvalue weighted by Crippen LogP contribution is 2.28. The molecule has 0 aromatic carbocycles. The second kappa shape index (κ2) is 6.06. The maximum absolute atomic E-state index is 12.4. The summed E-state index contributed by atoms with van der Waals surface area (Å²) in [5.41, 5.74) is 0. The fourth-order valence-electron chi connectivity index (χ4n) is 3.39. The molecule has 3 heterocycles. The van der Waals surface area contributed by atoms with Gasteiger partial charge in [0, 0.05) is 29.9 Å². The molecule has 0 radical (unpaired) electrons. The summed E-state index contributed by atoms with van der Waals surface area (Å²) in [4.78, 5) is 16.0. The summed E-state index contributed by atoms with van der Waals surface area (Å²) in [6.07, 6.45) is 6.28. The van der Waals surface area contributed by atoms with Crippen LogP contribution in [0.4, 0.5) is 0 Å². The zero-order valence-electron chi connectivity index (χ0n) is 11.3. The molecule has 1 amide bonds. The van der Waals surface area contributed by atoms with Gasteiger partial charge in [-0.3, -0.25) is 4.79 Å². The Kier molecular flexibility index (Phi) is 4.18. The number of carbonyl (C=O) groups is 1. The van der Waals surface area contributed by atoms with Crippen molar-refractivity contribution in [3.8, 4) is 0 Å². The van der Waals surface area contributed by atoms with Crippen LogP contribution in [0, 0.1) is 0 Å². The maximum atomic E-state index is 12.4. The van der Waals surface area contributed by atoms with Gasteiger partial charge in [0.05, 0.1) is 0 Å². The molecule has 2 fully saturated rings. The quantitative estimate of drug-likeness (QED) is 0.917. The van der Waals surface area contributed by atoms with Gasteiger partial charge in [0.15, 0.2) is 0 Å². The number of hydrogen-bond donors (Lipinski definition) is 1. The fourth-order valence-corrected chi connectivity index (χ4v) is 4.14. The molecule has 19 heavy (non-hydrogen) atoms. The van der Waals surface area contributed by atoms with Crippen LogP contribution in [0.2, 0.25) is 0 Å². The number of nitrogens with zero attached hydrogens (tertiary/aromatic N) is 1. The zero-order chi connectivity index (χ0) is 13.1. The highest BCUT2D eigenvalue weighted by atomic mass is 32.1. The molecule has 2 saturated heterocycles. The number of nitrogens with one attached hydrogen (secondary N) is 1. The Morgan fingerprint density at radius 3 is 3.11 bits per heavy atom. The topological polar surface area (TPSA) is 32.3 Å². The lowest BCUT2D eigenvalue weighted by Gasteiger charge is -2.28. The van der Waals surface area contributed by atoms with E-state index in [1.807, 2.05) is 0 Å². The number of rotatable bonds is 4. The largest absolute Gasteiger partial charge is 0.335 e. The maximum Gasteiger partial charge on any atom is 0.223 e. The SMILES string of the molecule is O=C(CCCc1cccs1)N1[C@@H]2CCNC[C@H]1CC2. The molecule has 4 heteroatoms. The first-order chi connectivity index (χ1) is 9.34. The molecule has 1 aromatic rings. The van der Waals surface area contributed by atoms with Gasteiger partial charge in [-0.1, -0.05) is 6.07 Å². The molecule has 3 rings (SSSR count). The first-order valence-electron chi connectivity index (χ1n) is 7.39. The van der Waals surface area contributed by atoms with Crippen molar-refractivity contribution < 1.29 is 4.79 Å². The number of fused-ring (bicyclic) bond motifs is 2. The van der Waals surface area contributed by atoms with Crippen molar-refractivity contribution in [2.75, 3.05) is 13.1 Å². The van der Waals surface area contributed by atoms with E-state index in [9.17, 15) is 4.79 Å². The average Bonchev–Trinajstić information content (AvgIpc) is 2.96. The van der Waals surface area contributed by atoms with Crippen LogP contribution in [0.15, 0.2) is 17.5 Å². The van der Waals surface area contributed by atoms with Crippen molar-refractivity contribution in [2.24, 2.45) is 0 Å². The van der Waals surface area contributed by atoms with E-state index < -0.39 is 0 Å². The Bertz CT molecular complexity index is 404. The number of carbonyl (C=O) groups excluding carboxylic acids is 1. The summed E-state index contributed by atoms with van der Waals surface area (Å²) in [6, 6.07) is 5.22. The van der Waals surface area contributed by atoms with Gasteiger partial charge in [-0.2, -0.15) is 0 Å². The van der Waals surface area contributed by atoms with Gasteiger partial charge in [0.1, 0.15) is 0 Å². The van der Waals surface area contributed by atoms with E-state index in [0.717, 1.165) is 32.4 Å². The highest BCUT2D eigenvalue weighted by molar-refractivity contribution is 7.09. The molecule has 2 bridgehead atoms. The van der Waals surface area contributed by atoms with Gasteiger partial charge in [-0.05, 0) is 50.1 Å². The van der Waals surface area contributed by atoms with Crippen molar-refractivity contribution in [2.45, 2.75) is 50.6 Å². The minimum absolute atomic E-state index is 0.382. The normalized spacial score (nSPS) is 26.4. The van der Waals surface area contributed by atoms with Crippen LogP contribution in [0.1, 0.15) is 37.0 Å². The number of amides is 1. The summed E-state index contributed by atoms with van der Waals surface area (Å²) in [7, 11) is 0. The Hall–Kier alpha value is -0.870. The van der Waals surface area contributed by atoms with Crippen LogP contribution in [0.25, 0.3) is 0 Å². The Labute approximate surface area is 119 Å². The van der Waals surface area contributed by atoms with E-state index in [1.165, 1.54) is 17.7 Å². The lowest BCUT2D eigenvalue weighted by atomic mass is 10.1. The predicted molar refractivity (Wildman–Crippen MR) is 78.4 cm³/mol. The highest BCUT2D eigenvalue weighted by Gasteiger charge is 2.37. The molecule has 2 atom stereocenters. The first kappa shape index (κ1) is 13.1. The van der Waals surface area contributed by atoms with Gasteiger partial charge in [0.2, 0.25) is 5.91 Å². The van der Waals surface area contributed by atoms with Crippen LogP contribution in [0.3, 0.4) is 0 Å². The molecule has 0 saturated carbocycles. The van der Waals surface area contributed by atoms with Crippen molar-refractivity contribution in [1.29, 1.82) is 0 Å². The zero-order valence-corrected chi connectivity index (χ0v) is 12.1. The van der Waals surface area contributed by atoms with Crippen LogP contribution in [-0.4, -0.2) is 36.0 Å². The van der Waals surface area contributed by atoms with Crippen LogP contribution < -0.4 is 5.32 Å². The minimum Gasteiger partial charge on any atom is -0.335 e. The van der Waals surface area contributed by atoms with Gasteiger partial charge in [0.25, 0.3) is 0 Å². The van der Waals surface area contributed by atoms with E-state index in [1.54, 1.807) is 11.3 Å². The third-order valence-electron chi connectivity index (χ3n) is 4.34. The van der Waals surface area contributed by atoms with E-state index >= 15 is 0 Å². The number of aryl methyl sites for hydroxylation is 1. The molecule has 2 aliphatic rings. The van der Waals surface area contributed by atoms with Crippen molar-refractivity contribution in [3.63, 3.8) is 0 Å². The molecular weight excluding hydrogens is 256 g/mol. The summed E-state index contributed by atoms with van der Waals surface area (Å²) < 4.78 is 0. The number of hydrogen-bond acceptors (Lipinski definition) is 3. The number of thiophene rings is 1. The lowest BCUT2D eigenvalue weighted by Crippen LogP contribution is -2.42. The molecule has 104 valence electrons. The van der Waals surface area contributed by atoms with Gasteiger partial charge in [-0.25, -0.2) is 0 Å². The van der Waals surface area contributed by atoms with Crippen molar-refractivity contribution in [1.82, 2.24) is 10.2 Å². The van der Waals surface area contributed by atoms with Crippen molar-refractivity contribution >= 4 is 17.2 Å². The van der Waals surface area contributed by atoms with E-state index in [-0.39, 0.29) is 0 Å². The van der Waals surface area contributed by atoms with Gasteiger partial charge in [-0.15, -0.1) is 11.3 Å². The molecule has 0 spiro atoms. The second-order valence-electron chi connectivity index (χ2n) is 5.61. The smallest absolute Gasteiger partial charge is 0.223 e. The van der Waals surface area contributed by atoms with Gasteiger partial charge >= 0.3 is 0 Å². The van der Waals surface area contributed by atoms with Crippen molar-refractivity contribution in [3.05, 3.63) is 22.4 Å².